The number of aromatic hydroxyl groups is 1. The van der Waals surface area contributed by atoms with Gasteiger partial charge in [-0.05, 0) is 25.6 Å². The maximum absolute atomic E-state index is 14.0. The number of primary amides is 1. The number of hydrogen-bond donors (Lipinski definition) is 6. The van der Waals surface area contributed by atoms with Gasteiger partial charge in [-0.1, -0.05) is 19.1 Å². The fourth-order valence-corrected chi connectivity index (χ4v) is 7.07. The number of likely N-dealkylation sites (N-methyl/N-ethyl adjacent to an activating group) is 1. The number of nitrogens with two attached hydrogens (primary N) is 1. The highest BCUT2D eigenvalue weighted by molar-refractivity contribution is 6.24. The summed E-state index contributed by atoms with van der Waals surface area (Å²) in [6.45, 7) is 1.92. The molecule has 1 heterocycles. The van der Waals surface area contributed by atoms with E-state index in [9.17, 15) is 48.7 Å². The van der Waals surface area contributed by atoms with Crippen molar-refractivity contribution in [3.63, 3.8) is 0 Å². The van der Waals surface area contributed by atoms with Gasteiger partial charge >= 0.3 is 0 Å². The number of phenolic OH excluding ortho intramolecular Hbond substituents is 1. The molecule has 11 nitrogen and oxygen atoms in total. The van der Waals surface area contributed by atoms with Crippen LogP contribution in [-0.4, -0.2) is 104 Å². The Labute approximate surface area is 234 Å². The Bertz CT molecular complexity index is 1410. The van der Waals surface area contributed by atoms with Crippen LogP contribution < -0.4 is 5.73 Å². The summed E-state index contributed by atoms with van der Waals surface area (Å²) in [4.78, 5) is 42.4. The number of carbonyl (C=O) groups excluding carboxylic acids is 3. The summed E-state index contributed by atoms with van der Waals surface area (Å²) in [7, 11) is 2.87. The molecule has 1 aromatic rings. The molecule has 0 aromatic heterocycles. The normalized spacial score (nSPS) is 33.5. The highest BCUT2D eigenvalue weighted by Crippen LogP contribution is 2.56. The van der Waals surface area contributed by atoms with Crippen LogP contribution >= 0.6 is 0 Å². The molecule has 5 rings (SSSR count). The van der Waals surface area contributed by atoms with Gasteiger partial charge in [-0.15, -0.1) is 0 Å². The highest BCUT2D eigenvalue weighted by Gasteiger charge is 2.68. The van der Waals surface area contributed by atoms with E-state index in [1.807, 2.05) is 0 Å². The largest absolute Gasteiger partial charge is 0.508 e. The van der Waals surface area contributed by atoms with E-state index < -0.39 is 87.3 Å². The zero-order chi connectivity index (χ0) is 30.3. The number of amides is 1. The first-order valence-corrected chi connectivity index (χ1v) is 13.3. The maximum atomic E-state index is 14.0. The number of alkyl halides is 2. The summed E-state index contributed by atoms with van der Waals surface area (Å²) in [6.07, 6.45) is -2.35. The third kappa shape index (κ3) is 4.09. The molecular weight excluding hydrogens is 544 g/mol. The SMILES string of the molecule is C[C@H]1c2ccc(CN3CCC(F)(F)CC3)c(O)c2C(O)=C2C(=O)[C@]3(O)C(O)=C(C(N)=O)C(=O)[C@@H](N(C)C)C3[C@@H](O)C21. The van der Waals surface area contributed by atoms with E-state index in [4.69, 9.17) is 5.73 Å². The number of nitrogens with zero attached hydrogens (tertiary/aromatic N) is 2. The third-order valence-electron chi connectivity index (χ3n) is 9.19. The second-order valence-corrected chi connectivity index (χ2v) is 11.7. The van der Waals surface area contributed by atoms with Crippen LogP contribution in [0.3, 0.4) is 0 Å². The van der Waals surface area contributed by atoms with Gasteiger partial charge in [-0.3, -0.25) is 24.2 Å². The molecule has 222 valence electrons. The van der Waals surface area contributed by atoms with Crippen LogP contribution in [0, 0.1) is 11.8 Å². The number of aliphatic hydroxyl groups is 4. The van der Waals surface area contributed by atoms with Gasteiger partial charge in [-0.2, -0.15) is 0 Å². The number of hydrogen-bond acceptors (Lipinski definition) is 10. The van der Waals surface area contributed by atoms with Crippen molar-refractivity contribution >= 4 is 23.2 Å². The lowest BCUT2D eigenvalue weighted by Crippen LogP contribution is -2.70. The zero-order valence-electron chi connectivity index (χ0n) is 22.8. The van der Waals surface area contributed by atoms with Gasteiger partial charge in [0.2, 0.25) is 5.78 Å². The predicted molar refractivity (Wildman–Crippen MR) is 140 cm³/mol. The van der Waals surface area contributed by atoms with Crippen molar-refractivity contribution in [2.75, 3.05) is 27.2 Å². The molecule has 7 N–H and O–H groups in total. The second-order valence-electron chi connectivity index (χ2n) is 11.7. The van der Waals surface area contributed by atoms with Gasteiger partial charge < -0.3 is 31.3 Å². The van der Waals surface area contributed by atoms with E-state index in [-0.39, 0.29) is 38.0 Å². The lowest BCUT2D eigenvalue weighted by molar-refractivity contribution is -0.169. The molecule has 1 saturated heterocycles. The molecule has 2 unspecified atom stereocenters. The van der Waals surface area contributed by atoms with E-state index >= 15 is 0 Å². The Morgan fingerprint density at radius 1 is 1.15 bits per heavy atom. The molecule has 41 heavy (non-hydrogen) atoms. The molecule has 13 heteroatoms. The number of likely N-dealkylation sites (tertiary alicyclic amines) is 1. The quantitative estimate of drug-likeness (QED) is 0.279. The molecule has 0 radical (unpaired) electrons. The molecule has 1 amide bonds. The number of aliphatic hydroxyl groups excluding tert-OH is 3. The number of halogens is 2. The van der Waals surface area contributed by atoms with Crippen molar-refractivity contribution in [3.8, 4) is 5.75 Å². The molecule has 1 aromatic carbocycles. The van der Waals surface area contributed by atoms with Crippen molar-refractivity contribution in [1.82, 2.24) is 9.80 Å². The lowest BCUT2D eigenvalue weighted by atomic mass is 9.54. The smallest absolute Gasteiger partial charge is 0.255 e. The summed E-state index contributed by atoms with van der Waals surface area (Å²) in [5, 5.41) is 57.0. The topological polar surface area (TPSA) is 185 Å². The van der Waals surface area contributed by atoms with Crippen LogP contribution in [0.5, 0.6) is 5.75 Å². The zero-order valence-corrected chi connectivity index (χ0v) is 22.8. The van der Waals surface area contributed by atoms with Gasteiger partial charge in [0.15, 0.2) is 11.4 Å². The first-order valence-electron chi connectivity index (χ1n) is 13.3. The molecule has 0 spiro atoms. The maximum Gasteiger partial charge on any atom is 0.255 e. The van der Waals surface area contributed by atoms with Crippen molar-refractivity contribution in [2.24, 2.45) is 17.6 Å². The first kappa shape index (κ1) is 29.1. The van der Waals surface area contributed by atoms with Crippen molar-refractivity contribution in [1.29, 1.82) is 0 Å². The third-order valence-corrected chi connectivity index (χ3v) is 9.19. The highest BCUT2D eigenvalue weighted by atomic mass is 19.3. The minimum absolute atomic E-state index is 0.0910. The number of piperidine rings is 1. The number of fused-ring (bicyclic) bond motifs is 3. The standard InChI is InChI=1S/C28H33F2N3O8/c1-11-13-5-4-12(10-33-8-6-27(29,30)7-9-33)20(34)15(13)21(35)16-14(11)22(36)18-19(32(2)3)23(37)17(26(31)40)25(39)28(18,41)24(16)38/h4-5,11,14,18-19,22,34-36,39,41H,6-10H2,1-3H3,(H2,31,40)/t11-,14?,18?,19-,22-,28-/m0/s1. The minimum atomic E-state index is -2.99. The Balaban J connectivity index is 1.65. The van der Waals surface area contributed by atoms with Gasteiger partial charge in [0.1, 0.15) is 22.8 Å². The van der Waals surface area contributed by atoms with E-state index in [0.717, 1.165) is 0 Å². The molecular formula is C28H33F2N3O8. The van der Waals surface area contributed by atoms with Crippen LogP contribution in [-0.2, 0) is 20.9 Å². The Morgan fingerprint density at radius 2 is 1.76 bits per heavy atom. The fourth-order valence-electron chi connectivity index (χ4n) is 7.07. The second kappa shape index (κ2) is 9.58. The number of benzene rings is 1. The van der Waals surface area contributed by atoms with Crippen LogP contribution in [0.15, 0.2) is 29.0 Å². The summed E-state index contributed by atoms with van der Waals surface area (Å²) in [5.41, 5.74) is 1.43. The van der Waals surface area contributed by atoms with Gasteiger partial charge in [0.25, 0.3) is 11.8 Å². The lowest BCUT2D eigenvalue weighted by Gasteiger charge is -2.53. The van der Waals surface area contributed by atoms with Crippen molar-refractivity contribution in [3.05, 3.63) is 45.7 Å². The number of rotatable bonds is 4. The van der Waals surface area contributed by atoms with Crippen molar-refractivity contribution < 1.29 is 48.7 Å². The molecule has 1 saturated carbocycles. The van der Waals surface area contributed by atoms with Crippen LogP contribution in [0.1, 0.15) is 42.4 Å². The fraction of sp³-hybridized carbons (Fsp3) is 0.536. The van der Waals surface area contributed by atoms with Gasteiger partial charge in [-0.25, -0.2) is 8.78 Å². The van der Waals surface area contributed by atoms with E-state index in [1.165, 1.54) is 19.0 Å². The summed E-state index contributed by atoms with van der Waals surface area (Å²) in [6, 6.07) is 1.77. The van der Waals surface area contributed by atoms with Crippen molar-refractivity contribution in [2.45, 2.75) is 55.9 Å². The molecule has 4 aliphatic rings. The molecule has 1 aliphatic heterocycles. The van der Waals surface area contributed by atoms with E-state index in [1.54, 1.807) is 24.0 Å². The van der Waals surface area contributed by atoms with Crippen LogP contribution in [0.25, 0.3) is 5.76 Å². The van der Waals surface area contributed by atoms with E-state index in [2.05, 4.69) is 0 Å². The number of Topliss-reactive ketones (excluding diaryl/α,β-unsaturated/α-hetero) is 2. The Hall–Kier alpha value is -3.39. The molecule has 2 fully saturated rings. The number of phenols is 1. The van der Waals surface area contributed by atoms with Gasteiger partial charge in [0.05, 0.1) is 23.6 Å². The van der Waals surface area contributed by atoms with E-state index in [0.29, 0.717) is 11.1 Å². The Morgan fingerprint density at radius 3 is 2.32 bits per heavy atom. The summed E-state index contributed by atoms with van der Waals surface area (Å²) < 4.78 is 27.2. The molecule has 6 atom stereocenters. The predicted octanol–water partition coefficient (Wildman–Crippen LogP) is 0.727. The summed E-state index contributed by atoms with van der Waals surface area (Å²) >= 11 is 0. The van der Waals surface area contributed by atoms with Crippen LogP contribution in [0.2, 0.25) is 0 Å². The van der Waals surface area contributed by atoms with Gasteiger partial charge in [0, 0.05) is 49.5 Å². The number of ketones is 2. The Kier molecular flexibility index (Phi) is 6.80. The molecule has 0 bridgehead atoms. The molecule has 3 aliphatic carbocycles. The first-order chi connectivity index (χ1) is 19.0. The van der Waals surface area contributed by atoms with Crippen LogP contribution in [0.4, 0.5) is 8.78 Å². The average molecular weight is 578 g/mol. The monoisotopic (exact) mass is 577 g/mol. The summed E-state index contributed by atoms with van der Waals surface area (Å²) in [5.74, 6) is -12.3. The number of carbonyl (C=O) groups is 3. The average Bonchev–Trinajstić information content (AvgIpc) is 2.88. The minimum Gasteiger partial charge on any atom is -0.508 e.